The molecule has 1 heterocycles. The minimum atomic E-state index is -0.508. The van der Waals surface area contributed by atoms with Gasteiger partial charge >= 0.3 is 0 Å². The van der Waals surface area contributed by atoms with E-state index in [4.69, 9.17) is 4.74 Å². The van der Waals surface area contributed by atoms with Crippen LogP contribution >= 0.6 is 0 Å². The zero-order chi connectivity index (χ0) is 18.7. The number of hydrogen-bond acceptors (Lipinski definition) is 3. The molecule has 2 amide bonds. The Bertz CT molecular complexity index is 818. The van der Waals surface area contributed by atoms with E-state index in [0.717, 1.165) is 17.0 Å². The molecule has 1 fully saturated rings. The van der Waals surface area contributed by atoms with Crippen LogP contribution in [-0.4, -0.2) is 42.5 Å². The minimum Gasteiger partial charge on any atom is -0.494 e. The van der Waals surface area contributed by atoms with Crippen molar-refractivity contribution in [3.63, 3.8) is 0 Å². The van der Waals surface area contributed by atoms with Gasteiger partial charge in [-0.3, -0.25) is 9.59 Å². The molecule has 1 aliphatic heterocycles. The van der Waals surface area contributed by atoms with Gasteiger partial charge in [-0.15, -0.1) is 0 Å². The van der Waals surface area contributed by atoms with Crippen LogP contribution in [0.4, 0.5) is 5.69 Å². The van der Waals surface area contributed by atoms with Crippen LogP contribution in [-0.2, 0) is 4.79 Å². The summed E-state index contributed by atoms with van der Waals surface area (Å²) in [4.78, 5) is 29.2. The van der Waals surface area contributed by atoms with Crippen molar-refractivity contribution in [3.05, 3.63) is 59.7 Å². The van der Waals surface area contributed by atoms with E-state index in [1.165, 1.54) is 0 Å². The van der Waals surface area contributed by atoms with Crippen LogP contribution in [0.3, 0.4) is 0 Å². The Hall–Kier alpha value is -2.82. The van der Waals surface area contributed by atoms with Crippen LogP contribution in [0.1, 0.15) is 29.8 Å². The minimum absolute atomic E-state index is 0.0770. The third-order valence-corrected chi connectivity index (χ3v) is 4.73. The number of amides is 2. The quantitative estimate of drug-likeness (QED) is 0.848. The zero-order valence-electron chi connectivity index (χ0n) is 15.4. The number of aryl methyl sites for hydroxylation is 1. The fourth-order valence-corrected chi connectivity index (χ4v) is 3.28. The van der Waals surface area contributed by atoms with Crippen molar-refractivity contribution in [1.82, 2.24) is 4.90 Å². The molecule has 0 unspecified atom stereocenters. The summed E-state index contributed by atoms with van der Waals surface area (Å²) in [5.74, 6) is 0.572. The highest BCUT2D eigenvalue weighted by atomic mass is 16.5. The van der Waals surface area contributed by atoms with Crippen molar-refractivity contribution >= 4 is 17.5 Å². The van der Waals surface area contributed by atoms with Gasteiger partial charge in [-0.2, -0.15) is 0 Å². The standard InChI is InChI=1S/C21H24N2O3/c1-4-26-18-10-7-9-17(14-18)23-13-12-22(16(3)20(23)24)21(25)19-11-6-5-8-15(19)2/h5-11,14,16H,4,12-13H2,1-3H3/t16-/m0/s1. The molecule has 1 saturated heterocycles. The van der Waals surface area contributed by atoms with Gasteiger partial charge in [0, 0.05) is 30.4 Å². The lowest BCUT2D eigenvalue weighted by atomic mass is 10.0. The fraction of sp³-hybridized carbons (Fsp3) is 0.333. The zero-order valence-corrected chi connectivity index (χ0v) is 15.4. The summed E-state index contributed by atoms with van der Waals surface area (Å²) in [5, 5.41) is 0. The Morgan fingerprint density at radius 3 is 2.65 bits per heavy atom. The van der Waals surface area contributed by atoms with Gasteiger partial charge in [-0.05, 0) is 44.5 Å². The molecule has 3 rings (SSSR count). The first kappa shape index (κ1) is 18.0. The Kier molecular flexibility index (Phi) is 5.26. The second-order valence-electron chi connectivity index (χ2n) is 6.41. The van der Waals surface area contributed by atoms with Crippen molar-refractivity contribution in [3.8, 4) is 5.75 Å². The number of anilines is 1. The average Bonchev–Trinajstić information content (AvgIpc) is 2.64. The predicted molar refractivity (Wildman–Crippen MR) is 102 cm³/mol. The summed E-state index contributed by atoms with van der Waals surface area (Å²) >= 11 is 0. The van der Waals surface area contributed by atoms with E-state index in [1.54, 1.807) is 16.7 Å². The van der Waals surface area contributed by atoms with E-state index in [2.05, 4.69) is 0 Å². The number of hydrogen-bond donors (Lipinski definition) is 0. The Morgan fingerprint density at radius 2 is 1.92 bits per heavy atom. The Balaban J connectivity index is 1.80. The molecule has 1 aliphatic rings. The highest BCUT2D eigenvalue weighted by Gasteiger charge is 2.35. The second kappa shape index (κ2) is 7.60. The molecule has 2 aromatic carbocycles. The van der Waals surface area contributed by atoms with Gasteiger partial charge in [-0.1, -0.05) is 24.3 Å². The number of benzene rings is 2. The first-order valence-corrected chi connectivity index (χ1v) is 8.93. The summed E-state index contributed by atoms with van der Waals surface area (Å²) in [5.41, 5.74) is 2.37. The average molecular weight is 352 g/mol. The van der Waals surface area contributed by atoms with E-state index in [9.17, 15) is 9.59 Å². The molecule has 5 heteroatoms. The first-order chi connectivity index (χ1) is 12.5. The van der Waals surface area contributed by atoms with Crippen molar-refractivity contribution in [2.45, 2.75) is 26.8 Å². The SMILES string of the molecule is CCOc1cccc(N2CCN(C(=O)c3ccccc3C)[C@@H](C)C2=O)c1. The van der Waals surface area contributed by atoms with E-state index in [0.29, 0.717) is 25.3 Å². The van der Waals surface area contributed by atoms with E-state index in [1.807, 2.05) is 62.4 Å². The smallest absolute Gasteiger partial charge is 0.254 e. The van der Waals surface area contributed by atoms with E-state index >= 15 is 0 Å². The molecule has 0 saturated carbocycles. The maximum Gasteiger partial charge on any atom is 0.254 e. The van der Waals surface area contributed by atoms with E-state index in [-0.39, 0.29) is 11.8 Å². The molecule has 5 nitrogen and oxygen atoms in total. The summed E-state index contributed by atoms with van der Waals surface area (Å²) in [6, 6.07) is 14.5. The monoisotopic (exact) mass is 352 g/mol. The largest absolute Gasteiger partial charge is 0.494 e. The third kappa shape index (κ3) is 3.43. The maximum atomic E-state index is 12.9. The van der Waals surface area contributed by atoms with Crippen LogP contribution in [0.25, 0.3) is 0 Å². The predicted octanol–water partition coefficient (Wildman–Crippen LogP) is 3.27. The lowest BCUT2D eigenvalue weighted by Crippen LogP contribution is -2.57. The summed E-state index contributed by atoms with van der Waals surface area (Å²) < 4.78 is 5.53. The Morgan fingerprint density at radius 1 is 1.15 bits per heavy atom. The molecular formula is C21H24N2O3. The van der Waals surface area contributed by atoms with Crippen LogP contribution in [0, 0.1) is 6.92 Å². The van der Waals surface area contributed by atoms with Crippen LogP contribution in [0.2, 0.25) is 0 Å². The normalized spacial score (nSPS) is 17.3. The van der Waals surface area contributed by atoms with Crippen molar-refractivity contribution in [1.29, 1.82) is 0 Å². The molecule has 2 aromatic rings. The van der Waals surface area contributed by atoms with Gasteiger partial charge in [0.1, 0.15) is 11.8 Å². The van der Waals surface area contributed by atoms with Gasteiger partial charge < -0.3 is 14.5 Å². The summed E-state index contributed by atoms with van der Waals surface area (Å²) in [6.07, 6.45) is 0. The lowest BCUT2D eigenvalue weighted by molar-refractivity contribution is -0.124. The fourth-order valence-electron chi connectivity index (χ4n) is 3.28. The maximum absolute atomic E-state index is 12.9. The molecule has 0 bridgehead atoms. The lowest BCUT2D eigenvalue weighted by Gasteiger charge is -2.39. The summed E-state index contributed by atoms with van der Waals surface area (Å²) in [6.45, 7) is 7.17. The van der Waals surface area contributed by atoms with Crippen molar-refractivity contribution in [2.24, 2.45) is 0 Å². The van der Waals surface area contributed by atoms with Gasteiger partial charge in [0.05, 0.1) is 6.61 Å². The molecule has 0 radical (unpaired) electrons. The van der Waals surface area contributed by atoms with Crippen LogP contribution in [0.5, 0.6) is 5.75 Å². The highest BCUT2D eigenvalue weighted by Crippen LogP contribution is 2.25. The highest BCUT2D eigenvalue weighted by molar-refractivity contribution is 6.04. The topological polar surface area (TPSA) is 49.9 Å². The van der Waals surface area contributed by atoms with Gasteiger partial charge in [-0.25, -0.2) is 0 Å². The second-order valence-corrected chi connectivity index (χ2v) is 6.41. The van der Waals surface area contributed by atoms with Crippen molar-refractivity contribution in [2.75, 3.05) is 24.6 Å². The van der Waals surface area contributed by atoms with Crippen LogP contribution < -0.4 is 9.64 Å². The molecule has 0 aliphatic carbocycles. The number of ether oxygens (including phenoxy) is 1. The Labute approximate surface area is 154 Å². The summed E-state index contributed by atoms with van der Waals surface area (Å²) in [7, 11) is 0. The molecule has 0 spiro atoms. The molecular weight excluding hydrogens is 328 g/mol. The molecule has 0 N–H and O–H groups in total. The number of rotatable bonds is 4. The van der Waals surface area contributed by atoms with Gasteiger partial charge in [0.15, 0.2) is 0 Å². The first-order valence-electron chi connectivity index (χ1n) is 8.93. The molecule has 0 aromatic heterocycles. The molecule has 1 atom stereocenters. The number of nitrogens with zero attached hydrogens (tertiary/aromatic N) is 2. The number of piperazine rings is 1. The number of carbonyl (C=O) groups is 2. The number of carbonyl (C=O) groups excluding carboxylic acids is 2. The molecule has 26 heavy (non-hydrogen) atoms. The van der Waals surface area contributed by atoms with E-state index < -0.39 is 6.04 Å². The van der Waals surface area contributed by atoms with Crippen LogP contribution in [0.15, 0.2) is 48.5 Å². The van der Waals surface area contributed by atoms with Crippen molar-refractivity contribution < 1.29 is 14.3 Å². The molecule has 136 valence electrons. The third-order valence-electron chi connectivity index (χ3n) is 4.73. The van der Waals surface area contributed by atoms with Gasteiger partial charge in [0.25, 0.3) is 5.91 Å². The van der Waals surface area contributed by atoms with Gasteiger partial charge in [0.2, 0.25) is 5.91 Å².